The van der Waals surface area contributed by atoms with Crippen molar-refractivity contribution in [3.8, 4) is 11.5 Å². The summed E-state index contributed by atoms with van der Waals surface area (Å²) in [6, 6.07) is 9.62. The maximum Gasteiger partial charge on any atom is 0.226 e. The molecule has 0 radical (unpaired) electrons. The number of aryl methyl sites for hydroxylation is 1. The van der Waals surface area contributed by atoms with Crippen LogP contribution in [0.15, 0.2) is 34.7 Å². The normalized spacial score (nSPS) is 10.4. The van der Waals surface area contributed by atoms with Crippen LogP contribution in [0, 0.1) is 6.92 Å². The Labute approximate surface area is 148 Å². The van der Waals surface area contributed by atoms with Gasteiger partial charge in [-0.2, -0.15) is 0 Å². The molecule has 0 unspecified atom stereocenters. The fourth-order valence-electron chi connectivity index (χ4n) is 1.92. The lowest BCUT2D eigenvalue weighted by Crippen LogP contribution is -2.49. The van der Waals surface area contributed by atoms with Gasteiger partial charge < -0.3 is 15.5 Å². The zero-order valence-electron chi connectivity index (χ0n) is 13.5. The van der Waals surface area contributed by atoms with Crippen LogP contribution in [0.2, 0.25) is 0 Å². The first-order valence-electron chi connectivity index (χ1n) is 6.94. The quantitative estimate of drug-likeness (QED) is 0.859. The van der Waals surface area contributed by atoms with Crippen LogP contribution in [0.25, 0.3) is 11.5 Å². The number of halogens is 2. The summed E-state index contributed by atoms with van der Waals surface area (Å²) in [7, 11) is 0. The van der Waals surface area contributed by atoms with Crippen molar-refractivity contribution in [3.05, 3.63) is 41.8 Å². The van der Waals surface area contributed by atoms with Gasteiger partial charge in [0, 0.05) is 17.6 Å². The minimum absolute atomic E-state index is 0. The van der Waals surface area contributed by atoms with E-state index in [-0.39, 0.29) is 37.1 Å². The van der Waals surface area contributed by atoms with Crippen molar-refractivity contribution >= 4 is 30.7 Å². The third-order valence-electron chi connectivity index (χ3n) is 3.23. The second-order valence-electron chi connectivity index (χ2n) is 5.70. The van der Waals surface area contributed by atoms with Gasteiger partial charge in [0.1, 0.15) is 5.76 Å². The molecule has 0 saturated carbocycles. The van der Waals surface area contributed by atoms with E-state index in [1.807, 2.05) is 51.1 Å². The van der Waals surface area contributed by atoms with Gasteiger partial charge in [-0.25, -0.2) is 4.98 Å². The molecule has 0 aliphatic carbocycles. The van der Waals surface area contributed by atoms with Gasteiger partial charge in [-0.3, -0.25) is 4.79 Å². The van der Waals surface area contributed by atoms with Crippen LogP contribution in [-0.4, -0.2) is 23.0 Å². The zero-order valence-corrected chi connectivity index (χ0v) is 15.1. The Hall–Kier alpha value is -1.56. The summed E-state index contributed by atoms with van der Waals surface area (Å²) in [5, 5.41) is 2.89. The van der Waals surface area contributed by atoms with Crippen LogP contribution >= 0.6 is 24.8 Å². The van der Waals surface area contributed by atoms with Gasteiger partial charge in [-0.1, -0.05) is 18.2 Å². The number of nitrogens with two attached hydrogens (primary N) is 1. The third kappa shape index (κ3) is 5.86. The molecule has 3 N–H and O–H groups in total. The van der Waals surface area contributed by atoms with Gasteiger partial charge >= 0.3 is 0 Å². The second-order valence-corrected chi connectivity index (χ2v) is 5.70. The fraction of sp³-hybridized carbons (Fsp3) is 0.375. The lowest BCUT2D eigenvalue weighted by molar-refractivity contribution is -0.122. The number of hydrogen-bond acceptors (Lipinski definition) is 4. The molecule has 0 fully saturated rings. The third-order valence-corrected chi connectivity index (χ3v) is 3.23. The molecule has 23 heavy (non-hydrogen) atoms. The summed E-state index contributed by atoms with van der Waals surface area (Å²) in [5.41, 5.74) is 6.74. The van der Waals surface area contributed by atoms with E-state index in [9.17, 15) is 4.79 Å². The number of hydrogen-bond donors (Lipinski definition) is 2. The molecule has 0 bridgehead atoms. The van der Waals surface area contributed by atoms with Crippen molar-refractivity contribution in [3.63, 3.8) is 0 Å². The molecule has 1 amide bonds. The lowest BCUT2D eigenvalue weighted by atomic mass is 10.1. The Bertz CT molecular complexity index is 628. The lowest BCUT2D eigenvalue weighted by Gasteiger charge is -2.23. The van der Waals surface area contributed by atoms with Gasteiger partial charge in [0.2, 0.25) is 11.8 Å². The first-order chi connectivity index (χ1) is 9.91. The molecule has 1 heterocycles. The Morgan fingerprint density at radius 3 is 2.43 bits per heavy atom. The van der Waals surface area contributed by atoms with E-state index >= 15 is 0 Å². The molecule has 1 aromatic heterocycles. The van der Waals surface area contributed by atoms with E-state index in [4.69, 9.17) is 10.2 Å². The molecule has 0 aliphatic rings. The van der Waals surface area contributed by atoms with Crippen molar-refractivity contribution in [2.45, 2.75) is 32.7 Å². The van der Waals surface area contributed by atoms with E-state index in [1.54, 1.807) is 0 Å². The molecule has 2 aromatic rings. The predicted octanol–water partition coefficient (Wildman–Crippen LogP) is 2.89. The number of nitrogens with one attached hydrogen (secondary N) is 1. The summed E-state index contributed by atoms with van der Waals surface area (Å²) in [4.78, 5) is 16.5. The highest BCUT2D eigenvalue weighted by molar-refractivity contribution is 5.85. The Morgan fingerprint density at radius 2 is 1.87 bits per heavy atom. The number of amides is 1. The highest BCUT2D eigenvalue weighted by Gasteiger charge is 2.20. The van der Waals surface area contributed by atoms with Gasteiger partial charge in [-0.15, -0.1) is 24.8 Å². The van der Waals surface area contributed by atoms with Crippen molar-refractivity contribution in [2.75, 3.05) is 6.54 Å². The molecule has 0 saturated heterocycles. The Morgan fingerprint density at radius 1 is 1.26 bits per heavy atom. The molecule has 5 nitrogen and oxygen atoms in total. The van der Waals surface area contributed by atoms with Crippen molar-refractivity contribution in [2.24, 2.45) is 5.73 Å². The minimum Gasteiger partial charge on any atom is -0.441 e. The Balaban J connectivity index is 0.00000242. The summed E-state index contributed by atoms with van der Waals surface area (Å²) < 4.78 is 5.64. The fourth-order valence-corrected chi connectivity index (χ4v) is 1.92. The second kappa shape index (κ2) is 8.91. The molecule has 128 valence electrons. The predicted molar refractivity (Wildman–Crippen MR) is 96.2 cm³/mol. The first-order valence-corrected chi connectivity index (χ1v) is 6.94. The first kappa shape index (κ1) is 21.4. The number of benzene rings is 1. The molecule has 0 aliphatic heterocycles. The summed E-state index contributed by atoms with van der Waals surface area (Å²) in [6.45, 7) is 5.97. The standard InChI is InChI=1S/C16H21N3O2.2ClH/c1-11-13(9-14(20)19-16(2,3)10-17)18-15(21-11)12-7-5-4-6-8-12;;/h4-8H,9-10,17H2,1-3H3,(H,19,20);2*1H. The summed E-state index contributed by atoms with van der Waals surface area (Å²) in [6.07, 6.45) is 0.186. The van der Waals surface area contributed by atoms with Gasteiger partial charge in [-0.05, 0) is 32.9 Å². The number of carbonyl (C=O) groups is 1. The van der Waals surface area contributed by atoms with Gasteiger partial charge in [0.05, 0.1) is 12.1 Å². The van der Waals surface area contributed by atoms with Crippen LogP contribution < -0.4 is 11.1 Å². The van der Waals surface area contributed by atoms with Crippen LogP contribution in [0.4, 0.5) is 0 Å². The molecule has 1 aromatic carbocycles. The van der Waals surface area contributed by atoms with Crippen LogP contribution in [0.5, 0.6) is 0 Å². The maximum atomic E-state index is 12.0. The topological polar surface area (TPSA) is 81.2 Å². The smallest absolute Gasteiger partial charge is 0.226 e. The minimum atomic E-state index is -0.420. The van der Waals surface area contributed by atoms with Gasteiger partial charge in [0.15, 0.2) is 0 Å². The van der Waals surface area contributed by atoms with Crippen LogP contribution in [-0.2, 0) is 11.2 Å². The largest absolute Gasteiger partial charge is 0.441 e. The van der Waals surface area contributed by atoms with E-state index in [0.717, 1.165) is 5.56 Å². The molecule has 0 spiro atoms. The van der Waals surface area contributed by atoms with Crippen molar-refractivity contribution in [1.29, 1.82) is 0 Å². The van der Waals surface area contributed by atoms with E-state index in [1.165, 1.54) is 0 Å². The van der Waals surface area contributed by atoms with E-state index < -0.39 is 5.54 Å². The van der Waals surface area contributed by atoms with Crippen molar-refractivity contribution in [1.82, 2.24) is 10.3 Å². The van der Waals surface area contributed by atoms with E-state index in [2.05, 4.69) is 10.3 Å². The molecular weight excluding hydrogens is 337 g/mol. The average Bonchev–Trinajstić information content (AvgIpc) is 2.80. The zero-order chi connectivity index (χ0) is 15.5. The van der Waals surface area contributed by atoms with Gasteiger partial charge in [0.25, 0.3) is 0 Å². The molecular formula is C16H23Cl2N3O2. The Kier molecular flexibility index (Phi) is 8.31. The monoisotopic (exact) mass is 359 g/mol. The highest BCUT2D eigenvalue weighted by atomic mass is 35.5. The number of carbonyl (C=O) groups excluding carboxylic acids is 1. The molecule has 0 atom stereocenters. The summed E-state index contributed by atoms with van der Waals surface area (Å²) in [5.74, 6) is 1.09. The van der Waals surface area contributed by atoms with Crippen LogP contribution in [0.3, 0.4) is 0 Å². The van der Waals surface area contributed by atoms with Crippen LogP contribution in [0.1, 0.15) is 25.3 Å². The highest BCUT2D eigenvalue weighted by Crippen LogP contribution is 2.21. The number of rotatable bonds is 5. The molecule has 7 heteroatoms. The maximum absolute atomic E-state index is 12.0. The number of nitrogens with zero attached hydrogens (tertiary/aromatic N) is 1. The SMILES string of the molecule is Cc1oc(-c2ccccc2)nc1CC(=O)NC(C)(C)CN.Cl.Cl. The van der Waals surface area contributed by atoms with E-state index in [0.29, 0.717) is 23.9 Å². The van der Waals surface area contributed by atoms with Crippen molar-refractivity contribution < 1.29 is 9.21 Å². The number of aromatic nitrogens is 1. The number of oxazole rings is 1. The summed E-state index contributed by atoms with van der Waals surface area (Å²) >= 11 is 0. The average molecular weight is 360 g/mol. The molecule has 2 rings (SSSR count).